The molecule has 1 aromatic heterocycles. The lowest BCUT2D eigenvalue weighted by Crippen LogP contribution is -1.94. The number of para-hydroxylation sites is 1. The summed E-state index contributed by atoms with van der Waals surface area (Å²) in [5, 5.41) is 21.6. The van der Waals surface area contributed by atoms with Gasteiger partial charge in [-0.1, -0.05) is 28.1 Å². The maximum Gasteiger partial charge on any atom is 0.166 e. The van der Waals surface area contributed by atoms with Crippen molar-refractivity contribution in [3.05, 3.63) is 64.6 Å². The van der Waals surface area contributed by atoms with Crippen molar-refractivity contribution in [2.75, 3.05) is 6.61 Å². The first kappa shape index (κ1) is 19.4. The second kappa shape index (κ2) is 8.23. The lowest BCUT2D eigenvalue weighted by Gasteiger charge is -2.08. The average molecular weight is 469 g/mol. The maximum atomic E-state index is 10.5. The van der Waals surface area contributed by atoms with Crippen LogP contribution < -0.4 is 4.74 Å². The van der Waals surface area contributed by atoms with Crippen LogP contribution in [0.1, 0.15) is 12.5 Å². The van der Waals surface area contributed by atoms with Crippen LogP contribution in [-0.2, 0) is 0 Å². The molecule has 1 heterocycles. The normalized spacial score (nSPS) is 11.4. The van der Waals surface area contributed by atoms with Gasteiger partial charge in [-0.2, -0.15) is 0 Å². The topological polar surface area (TPSA) is 74.9 Å². The van der Waals surface area contributed by atoms with Gasteiger partial charge < -0.3 is 14.9 Å². The van der Waals surface area contributed by atoms with Crippen molar-refractivity contribution >= 4 is 49.4 Å². The van der Waals surface area contributed by atoms with Crippen LogP contribution in [0.3, 0.4) is 0 Å². The largest absolute Gasteiger partial charge is 0.507 e. The molecule has 3 aromatic carbocycles. The van der Waals surface area contributed by atoms with Crippen LogP contribution in [0.4, 0.5) is 5.69 Å². The highest BCUT2D eigenvalue weighted by molar-refractivity contribution is 9.10. The molecule has 0 radical (unpaired) electrons. The van der Waals surface area contributed by atoms with Gasteiger partial charge in [0.2, 0.25) is 0 Å². The number of phenols is 2. The summed E-state index contributed by atoms with van der Waals surface area (Å²) in [5.41, 5.74) is 2.64. The molecule has 4 rings (SSSR count). The fourth-order valence-corrected chi connectivity index (χ4v) is 4.33. The Kier molecular flexibility index (Phi) is 5.51. The van der Waals surface area contributed by atoms with Crippen molar-refractivity contribution in [2.24, 2.45) is 4.99 Å². The number of fused-ring (bicyclic) bond motifs is 1. The van der Waals surface area contributed by atoms with Crippen LogP contribution in [-0.4, -0.2) is 28.0 Å². The smallest absolute Gasteiger partial charge is 0.166 e. The number of aromatic nitrogens is 1. The SMILES string of the molecule is CCOc1cc(Br)cc(C=Nc2ccc(-c3nc4ccccc4s3)c(O)c2)c1O. The average Bonchev–Trinajstić information content (AvgIpc) is 3.13. The molecule has 146 valence electrons. The minimum atomic E-state index is 0.0223. The molecule has 0 aliphatic heterocycles. The molecule has 29 heavy (non-hydrogen) atoms. The molecule has 4 aromatic rings. The van der Waals surface area contributed by atoms with Gasteiger partial charge in [0, 0.05) is 22.3 Å². The van der Waals surface area contributed by atoms with Gasteiger partial charge in [-0.25, -0.2) is 4.98 Å². The third-order valence-corrected chi connectivity index (χ3v) is 5.75. The highest BCUT2D eigenvalue weighted by atomic mass is 79.9. The molecule has 0 spiro atoms. The Morgan fingerprint density at radius 1 is 1.14 bits per heavy atom. The van der Waals surface area contributed by atoms with Crippen molar-refractivity contribution < 1.29 is 14.9 Å². The first-order valence-electron chi connectivity index (χ1n) is 8.93. The van der Waals surface area contributed by atoms with Gasteiger partial charge in [-0.05, 0) is 43.3 Å². The lowest BCUT2D eigenvalue weighted by atomic mass is 10.2. The first-order chi connectivity index (χ1) is 14.0. The van der Waals surface area contributed by atoms with Gasteiger partial charge in [-0.3, -0.25) is 4.99 Å². The Hall–Kier alpha value is -2.90. The predicted octanol–water partition coefficient (Wildman–Crippen LogP) is 6.29. The van der Waals surface area contributed by atoms with Crippen LogP contribution in [0, 0.1) is 0 Å². The van der Waals surface area contributed by atoms with Crippen molar-refractivity contribution in [1.82, 2.24) is 4.98 Å². The first-order valence-corrected chi connectivity index (χ1v) is 10.5. The summed E-state index contributed by atoms with van der Waals surface area (Å²) in [7, 11) is 0. The summed E-state index contributed by atoms with van der Waals surface area (Å²) in [4.78, 5) is 8.96. The number of aliphatic imine (C=N–C) groups is 1. The molecular weight excluding hydrogens is 452 g/mol. The van der Waals surface area contributed by atoms with Crippen LogP contribution in [0.5, 0.6) is 17.2 Å². The Labute approximate surface area is 180 Å². The molecule has 0 saturated carbocycles. The zero-order valence-electron chi connectivity index (χ0n) is 15.5. The molecule has 7 heteroatoms. The van der Waals surface area contributed by atoms with E-state index in [1.54, 1.807) is 30.3 Å². The molecule has 0 aliphatic carbocycles. The highest BCUT2D eigenvalue weighted by Gasteiger charge is 2.12. The second-order valence-corrected chi connectivity index (χ2v) is 8.17. The van der Waals surface area contributed by atoms with E-state index in [1.165, 1.54) is 17.6 Å². The summed E-state index contributed by atoms with van der Waals surface area (Å²) >= 11 is 4.93. The highest BCUT2D eigenvalue weighted by Crippen LogP contribution is 2.37. The van der Waals surface area contributed by atoms with Gasteiger partial charge in [0.15, 0.2) is 11.5 Å². The van der Waals surface area contributed by atoms with E-state index >= 15 is 0 Å². The standard InChI is InChI=1S/C22H17BrN2O3S/c1-2-28-19-10-14(23)9-13(21(19)27)12-24-15-7-8-16(18(26)11-15)22-25-17-5-3-4-6-20(17)29-22/h3-12,26-27H,2H2,1H3. The van der Waals surface area contributed by atoms with E-state index in [-0.39, 0.29) is 11.5 Å². The van der Waals surface area contributed by atoms with Crippen molar-refractivity contribution in [1.29, 1.82) is 0 Å². The van der Waals surface area contributed by atoms with Gasteiger partial charge in [-0.15, -0.1) is 11.3 Å². The number of hydrogen-bond acceptors (Lipinski definition) is 6. The third-order valence-electron chi connectivity index (χ3n) is 4.23. The number of halogens is 1. The molecule has 0 unspecified atom stereocenters. The minimum absolute atomic E-state index is 0.0223. The second-order valence-electron chi connectivity index (χ2n) is 6.22. The third kappa shape index (κ3) is 4.11. The Morgan fingerprint density at radius 3 is 2.72 bits per heavy atom. The molecule has 0 atom stereocenters. The Balaban J connectivity index is 1.63. The summed E-state index contributed by atoms with van der Waals surface area (Å²) < 4.78 is 7.27. The van der Waals surface area contributed by atoms with Gasteiger partial charge in [0.25, 0.3) is 0 Å². The monoisotopic (exact) mass is 468 g/mol. The van der Waals surface area contributed by atoms with Crippen molar-refractivity contribution in [3.63, 3.8) is 0 Å². The molecular formula is C22H17BrN2O3S. The number of phenolic OH excluding ortho intramolecular Hbond substituents is 2. The minimum Gasteiger partial charge on any atom is -0.507 e. The zero-order chi connectivity index (χ0) is 20.4. The maximum absolute atomic E-state index is 10.5. The van der Waals surface area contributed by atoms with E-state index in [2.05, 4.69) is 25.9 Å². The number of nitrogens with zero attached hydrogens (tertiary/aromatic N) is 2. The quantitative estimate of drug-likeness (QED) is 0.337. The number of rotatable bonds is 5. The van der Waals surface area contributed by atoms with E-state index in [0.717, 1.165) is 19.7 Å². The number of benzene rings is 3. The van der Waals surface area contributed by atoms with Crippen LogP contribution in [0.15, 0.2) is 64.1 Å². The summed E-state index contributed by atoms with van der Waals surface area (Å²) in [6.07, 6.45) is 1.54. The fourth-order valence-electron chi connectivity index (χ4n) is 2.87. The number of aromatic hydroxyl groups is 2. The summed E-state index contributed by atoms with van der Waals surface area (Å²) in [5.74, 6) is 0.513. The van der Waals surface area contributed by atoms with E-state index in [1.807, 2.05) is 31.2 Å². The molecule has 0 amide bonds. The predicted molar refractivity (Wildman–Crippen MR) is 121 cm³/mol. The fraction of sp³-hybridized carbons (Fsp3) is 0.0909. The van der Waals surface area contributed by atoms with Crippen molar-refractivity contribution in [3.8, 4) is 27.8 Å². The number of ether oxygens (including phenoxy) is 1. The molecule has 0 aliphatic rings. The molecule has 2 N–H and O–H groups in total. The Bertz CT molecular complexity index is 1190. The number of hydrogen-bond donors (Lipinski definition) is 2. The summed E-state index contributed by atoms with van der Waals surface area (Å²) in [6.45, 7) is 2.30. The van der Waals surface area contributed by atoms with E-state index < -0.39 is 0 Å². The number of thiazole rings is 1. The van der Waals surface area contributed by atoms with Crippen LogP contribution in [0.2, 0.25) is 0 Å². The molecule has 5 nitrogen and oxygen atoms in total. The molecule has 0 fully saturated rings. The zero-order valence-corrected chi connectivity index (χ0v) is 17.9. The summed E-state index contributed by atoms with van der Waals surface area (Å²) in [6, 6.07) is 16.5. The van der Waals surface area contributed by atoms with Gasteiger partial charge >= 0.3 is 0 Å². The Morgan fingerprint density at radius 2 is 1.97 bits per heavy atom. The van der Waals surface area contributed by atoms with E-state index in [0.29, 0.717) is 29.2 Å². The van der Waals surface area contributed by atoms with Gasteiger partial charge in [0.05, 0.1) is 28.1 Å². The van der Waals surface area contributed by atoms with Gasteiger partial charge in [0.1, 0.15) is 10.8 Å². The molecule has 0 bridgehead atoms. The van der Waals surface area contributed by atoms with E-state index in [4.69, 9.17) is 4.74 Å². The molecule has 0 saturated heterocycles. The van der Waals surface area contributed by atoms with Crippen LogP contribution >= 0.6 is 27.3 Å². The van der Waals surface area contributed by atoms with Crippen molar-refractivity contribution in [2.45, 2.75) is 6.92 Å². The van der Waals surface area contributed by atoms with E-state index in [9.17, 15) is 10.2 Å². The van der Waals surface area contributed by atoms with Crippen LogP contribution in [0.25, 0.3) is 20.8 Å². The lowest BCUT2D eigenvalue weighted by molar-refractivity contribution is 0.317.